The number of rotatable bonds is 4. The van der Waals surface area contributed by atoms with Crippen LogP contribution in [0.4, 0.5) is 24.5 Å². The summed E-state index contributed by atoms with van der Waals surface area (Å²) in [5.74, 6) is -0.653. The number of aliphatic imine (C=N–C) groups is 1. The van der Waals surface area contributed by atoms with Crippen LogP contribution < -0.4 is 4.90 Å². The summed E-state index contributed by atoms with van der Waals surface area (Å²) in [7, 11) is 0. The molecule has 0 radical (unpaired) electrons. The highest BCUT2D eigenvalue weighted by Gasteiger charge is 2.39. The maximum atomic E-state index is 13.2. The average Bonchev–Trinajstić information content (AvgIpc) is 3.37. The summed E-state index contributed by atoms with van der Waals surface area (Å²) in [6.45, 7) is 0.795. The standard InChI is InChI=1S/C28H21F3N6/c29-28(30,31)27-35-34-25-18-36(13-14-37(25)27)22-12-11-21-16-32-17-24(23(21)15-22)33-26(19-7-3-1-4-8-19)20-9-5-2-6-10-20/h1-12,15-17H,13-14,18H2. The van der Waals surface area contributed by atoms with Crippen molar-refractivity contribution in [1.29, 1.82) is 0 Å². The highest BCUT2D eigenvalue weighted by Crippen LogP contribution is 2.33. The molecule has 0 unspecified atom stereocenters. The van der Waals surface area contributed by atoms with Crippen molar-refractivity contribution in [2.75, 3.05) is 11.4 Å². The lowest BCUT2D eigenvalue weighted by molar-refractivity contribution is -0.147. The van der Waals surface area contributed by atoms with Crippen molar-refractivity contribution in [2.24, 2.45) is 4.99 Å². The van der Waals surface area contributed by atoms with Crippen molar-refractivity contribution in [3.8, 4) is 0 Å². The third-order valence-electron chi connectivity index (χ3n) is 6.42. The molecule has 1 aliphatic heterocycles. The maximum Gasteiger partial charge on any atom is 0.451 e. The zero-order valence-corrected chi connectivity index (χ0v) is 19.6. The second-order valence-electron chi connectivity index (χ2n) is 8.77. The molecule has 3 aromatic carbocycles. The van der Waals surface area contributed by atoms with Gasteiger partial charge in [-0.15, -0.1) is 10.2 Å². The van der Waals surface area contributed by atoms with Gasteiger partial charge in [-0.25, -0.2) is 4.99 Å². The molecular weight excluding hydrogens is 477 g/mol. The third-order valence-corrected chi connectivity index (χ3v) is 6.42. The van der Waals surface area contributed by atoms with Gasteiger partial charge in [-0.05, 0) is 12.1 Å². The molecule has 9 heteroatoms. The van der Waals surface area contributed by atoms with Gasteiger partial charge in [-0.3, -0.25) is 4.98 Å². The largest absolute Gasteiger partial charge is 0.451 e. The molecule has 2 aromatic heterocycles. The van der Waals surface area contributed by atoms with Gasteiger partial charge in [-0.2, -0.15) is 13.2 Å². The second-order valence-corrected chi connectivity index (χ2v) is 8.77. The number of pyridine rings is 1. The number of alkyl halides is 3. The van der Waals surface area contributed by atoms with Crippen LogP contribution in [0.25, 0.3) is 10.8 Å². The van der Waals surface area contributed by atoms with Crippen LogP contribution in [0.15, 0.2) is 96.2 Å². The molecule has 0 fully saturated rings. The fourth-order valence-corrected chi connectivity index (χ4v) is 4.62. The number of anilines is 1. The van der Waals surface area contributed by atoms with Crippen LogP contribution in [0.1, 0.15) is 22.8 Å². The molecule has 6 nitrogen and oxygen atoms in total. The Kier molecular flexibility index (Phi) is 5.67. The van der Waals surface area contributed by atoms with Gasteiger partial charge in [0, 0.05) is 46.9 Å². The molecule has 0 amide bonds. The van der Waals surface area contributed by atoms with Crippen LogP contribution in [0.5, 0.6) is 0 Å². The molecule has 6 rings (SSSR count). The number of hydrogen-bond donors (Lipinski definition) is 0. The van der Waals surface area contributed by atoms with Crippen LogP contribution in [0.3, 0.4) is 0 Å². The fraction of sp³-hybridized carbons (Fsp3) is 0.143. The van der Waals surface area contributed by atoms with Crippen LogP contribution in [-0.4, -0.2) is 32.0 Å². The Balaban J connectivity index is 1.41. The molecule has 0 N–H and O–H groups in total. The Morgan fingerprint density at radius 1 is 0.811 bits per heavy atom. The lowest BCUT2D eigenvalue weighted by Gasteiger charge is -2.30. The van der Waals surface area contributed by atoms with Gasteiger partial charge >= 0.3 is 6.18 Å². The van der Waals surface area contributed by atoms with E-state index in [1.807, 2.05) is 83.8 Å². The summed E-state index contributed by atoms with van der Waals surface area (Å²) >= 11 is 0. The average molecular weight is 499 g/mol. The Hall–Kier alpha value is -4.53. The van der Waals surface area contributed by atoms with Crippen molar-refractivity contribution in [3.05, 3.63) is 114 Å². The lowest BCUT2D eigenvalue weighted by Crippen LogP contribution is -2.35. The van der Waals surface area contributed by atoms with Crippen molar-refractivity contribution >= 4 is 27.9 Å². The number of benzene rings is 3. The topological polar surface area (TPSA) is 59.2 Å². The molecule has 0 saturated carbocycles. The van der Waals surface area contributed by atoms with E-state index in [9.17, 15) is 13.2 Å². The van der Waals surface area contributed by atoms with Crippen molar-refractivity contribution in [2.45, 2.75) is 19.3 Å². The van der Waals surface area contributed by atoms with Crippen LogP contribution >= 0.6 is 0 Å². The molecular formula is C28H21F3N6. The van der Waals surface area contributed by atoms with E-state index in [1.165, 1.54) is 0 Å². The monoisotopic (exact) mass is 498 g/mol. The third kappa shape index (κ3) is 4.44. The van der Waals surface area contributed by atoms with E-state index < -0.39 is 12.0 Å². The second kappa shape index (κ2) is 9.16. The molecule has 1 aliphatic rings. The SMILES string of the molecule is FC(F)(F)c1nnc2n1CCN(c1ccc3cncc(N=C(c4ccccc4)c4ccccc4)c3c1)C2. The first kappa shape index (κ1) is 22.9. The van der Waals surface area contributed by atoms with Gasteiger partial charge in [0.2, 0.25) is 5.82 Å². The minimum Gasteiger partial charge on any atom is -0.362 e. The van der Waals surface area contributed by atoms with Crippen LogP contribution in [0.2, 0.25) is 0 Å². The van der Waals surface area contributed by atoms with Crippen LogP contribution in [-0.2, 0) is 19.3 Å². The molecule has 184 valence electrons. The minimum absolute atomic E-state index is 0.155. The Morgan fingerprint density at radius 3 is 2.19 bits per heavy atom. The molecule has 0 atom stereocenters. The van der Waals surface area contributed by atoms with Gasteiger partial charge in [0.25, 0.3) is 0 Å². The van der Waals surface area contributed by atoms with E-state index in [0.717, 1.165) is 37.9 Å². The highest BCUT2D eigenvalue weighted by atomic mass is 19.4. The first-order valence-corrected chi connectivity index (χ1v) is 11.8. The van der Waals surface area contributed by atoms with E-state index in [0.29, 0.717) is 18.1 Å². The van der Waals surface area contributed by atoms with Gasteiger partial charge < -0.3 is 9.47 Å². The van der Waals surface area contributed by atoms with Gasteiger partial charge in [0.15, 0.2) is 5.82 Å². The summed E-state index contributed by atoms with van der Waals surface area (Å²) in [4.78, 5) is 11.5. The van der Waals surface area contributed by atoms with E-state index in [4.69, 9.17) is 4.99 Å². The summed E-state index contributed by atoms with van der Waals surface area (Å²) in [6.07, 6.45) is -1.00. The van der Waals surface area contributed by atoms with E-state index in [1.54, 1.807) is 12.4 Å². The first-order valence-electron chi connectivity index (χ1n) is 11.8. The van der Waals surface area contributed by atoms with Crippen molar-refractivity contribution < 1.29 is 13.2 Å². The van der Waals surface area contributed by atoms with Crippen molar-refractivity contribution in [1.82, 2.24) is 19.7 Å². The van der Waals surface area contributed by atoms with Crippen molar-refractivity contribution in [3.63, 3.8) is 0 Å². The zero-order chi connectivity index (χ0) is 25.4. The summed E-state index contributed by atoms with van der Waals surface area (Å²) in [6, 6.07) is 25.9. The fourth-order valence-electron chi connectivity index (χ4n) is 4.62. The highest BCUT2D eigenvalue weighted by molar-refractivity contribution is 6.15. The molecule has 0 bridgehead atoms. The lowest BCUT2D eigenvalue weighted by atomic mass is 10.0. The normalized spacial score (nSPS) is 13.4. The predicted octanol–water partition coefficient (Wildman–Crippen LogP) is 6.03. The predicted molar refractivity (Wildman–Crippen MR) is 136 cm³/mol. The molecule has 37 heavy (non-hydrogen) atoms. The number of halogens is 3. The number of hydrogen-bond acceptors (Lipinski definition) is 5. The Labute approximate surface area is 210 Å². The maximum absolute atomic E-state index is 13.2. The first-order chi connectivity index (χ1) is 18.0. The van der Waals surface area contributed by atoms with Crippen LogP contribution in [0, 0.1) is 0 Å². The summed E-state index contributed by atoms with van der Waals surface area (Å²) < 4.78 is 40.9. The molecule has 5 aromatic rings. The smallest absolute Gasteiger partial charge is 0.362 e. The molecule has 0 aliphatic carbocycles. The van der Waals surface area contributed by atoms with E-state index in [-0.39, 0.29) is 13.1 Å². The molecule has 0 saturated heterocycles. The van der Waals surface area contributed by atoms with Gasteiger partial charge in [0.05, 0.1) is 24.1 Å². The molecule has 0 spiro atoms. The number of aromatic nitrogens is 4. The number of fused-ring (bicyclic) bond motifs is 2. The molecule has 3 heterocycles. The Morgan fingerprint density at radius 2 is 1.51 bits per heavy atom. The van der Waals surface area contributed by atoms with E-state index in [2.05, 4.69) is 15.2 Å². The quantitative estimate of drug-likeness (QED) is 0.284. The summed E-state index contributed by atoms with van der Waals surface area (Å²) in [5, 5.41) is 9.02. The number of nitrogens with zero attached hydrogens (tertiary/aromatic N) is 6. The van der Waals surface area contributed by atoms with E-state index >= 15 is 0 Å². The Bertz CT molecular complexity index is 1550. The summed E-state index contributed by atoms with van der Waals surface area (Å²) in [5.41, 5.74) is 4.38. The minimum atomic E-state index is -4.52. The zero-order valence-electron chi connectivity index (χ0n) is 19.6. The van der Waals surface area contributed by atoms with Gasteiger partial charge in [0.1, 0.15) is 0 Å². The van der Waals surface area contributed by atoms with Gasteiger partial charge in [-0.1, -0.05) is 66.7 Å².